The molecule has 2 nitrogen and oxygen atoms in total. The Morgan fingerprint density at radius 3 is 2.12 bits per heavy atom. The molecule has 46 valence electrons. The quantitative estimate of drug-likeness (QED) is 0.339. The van der Waals surface area contributed by atoms with Gasteiger partial charge in [-0.25, -0.2) is 0 Å². The minimum absolute atomic E-state index is 0.212. The van der Waals surface area contributed by atoms with E-state index in [1.54, 1.807) is 5.70 Å². The third-order valence-electron chi connectivity index (χ3n) is 0.575. The number of methoxy groups -OCH3 is 2. The molecular weight excluding hydrogens is 144 g/mol. The van der Waals surface area contributed by atoms with E-state index in [0.717, 1.165) is 0 Å². The van der Waals surface area contributed by atoms with Gasteiger partial charge < -0.3 is 9.47 Å². The molecule has 2 radical (unpaired) electrons. The van der Waals surface area contributed by atoms with Crippen LogP contribution in [0.4, 0.5) is 0 Å². The van der Waals surface area contributed by atoms with E-state index in [0.29, 0.717) is 5.95 Å². The summed E-state index contributed by atoms with van der Waals surface area (Å²) in [6, 6.07) is 0. The first kappa shape index (κ1) is 7.85. The second-order valence-corrected chi connectivity index (χ2v) is 2.14. The molecule has 0 spiro atoms. The van der Waals surface area contributed by atoms with Crippen LogP contribution in [-0.2, 0) is 9.47 Å². The topological polar surface area (TPSA) is 18.5 Å². The Balaban J connectivity index is 3.49. The van der Waals surface area contributed by atoms with Crippen LogP contribution < -0.4 is 0 Å². The highest BCUT2D eigenvalue weighted by atomic mass is 35.6. The molecule has 0 N–H and O–H groups in total. The molecule has 0 unspecified atom stereocenters. The summed E-state index contributed by atoms with van der Waals surface area (Å²) in [4.78, 5) is 0. The molecule has 0 amide bonds. The van der Waals surface area contributed by atoms with Crippen molar-refractivity contribution in [1.29, 1.82) is 0 Å². The van der Waals surface area contributed by atoms with Crippen molar-refractivity contribution in [3.8, 4) is 0 Å². The maximum absolute atomic E-state index is 5.35. The minimum atomic E-state index is 0.212. The molecule has 4 heteroatoms. The molecule has 0 aliphatic carbocycles. The molecular formula is C4H7ClO2Si. The third kappa shape index (κ3) is 2.93. The zero-order chi connectivity index (χ0) is 6.41. The molecule has 0 rings (SSSR count). The fourth-order valence-electron chi connectivity index (χ4n) is 0.246. The second kappa shape index (κ2) is 4.99. The molecule has 0 aliphatic heterocycles. The van der Waals surface area contributed by atoms with Crippen molar-refractivity contribution in [1.82, 2.24) is 0 Å². The number of rotatable bonds is 3. The van der Waals surface area contributed by atoms with E-state index in [9.17, 15) is 0 Å². The van der Waals surface area contributed by atoms with Crippen LogP contribution in [0.25, 0.3) is 0 Å². The Labute approximate surface area is 56.0 Å². The van der Waals surface area contributed by atoms with Gasteiger partial charge in [0.2, 0.25) is 8.83 Å². The molecule has 0 aliphatic rings. The summed E-state index contributed by atoms with van der Waals surface area (Å²) < 4.78 is 9.40. The van der Waals surface area contributed by atoms with Gasteiger partial charge in [-0.3, -0.25) is 0 Å². The lowest BCUT2D eigenvalue weighted by molar-refractivity contribution is 0.0964. The van der Waals surface area contributed by atoms with E-state index in [2.05, 4.69) is 0 Å². The van der Waals surface area contributed by atoms with Crippen LogP contribution in [0.5, 0.6) is 0 Å². The van der Waals surface area contributed by atoms with E-state index >= 15 is 0 Å². The molecule has 0 aromatic carbocycles. The number of ether oxygens (including phenoxy) is 2. The fourth-order valence-corrected chi connectivity index (χ4v) is 0.838. The Bertz CT molecular complexity index is 78.1. The third-order valence-corrected chi connectivity index (χ3v) is 1.25. The van der Waals surface area contributed by atoms with Gasteiger partial charge in [-0.05, 0) is 5.70 Å². The Morgan fingerprint density at radius 1 is 1.50 bits per heavy atom. The van der Waals surface area contributed by atoms with Gasteiger partial charge in [0, 0.05) is 0 Å². The summed E-state index contributed by atoms with van der Waals surface area (Å²) in [5.74, 6) is 0.471. The molecule has 0 aromatic rings. The lowest BCUT2D eigenvalue weighted by atomic mass is 11.0. The van der Waals surface area contributed by atoms with Crippen molar-refractivity contribution in [3.05, 3.63) is 11.6 Å². The van der Waals surface area contributed by atoms with E-state index in [1.165, 1.54) is 14.2 Å². The van der Waals surface area contributed by atoms with Gasteiger partial charge in [-0.1, -0.05) is 0 Å². The lowest BCUT2D eigenvalue weighted by Crippen LogP contribution is -1.89. The predicted octanol–water partition coefficient (Wildman–Crippen LogP) is 0.936. The van der Waals surface area contributed by atoms with Gasteiger partial charge in [-0.15, -0.1) is 0 Å². The smallest absolute Gasteiger partial charge is 0.271 e. The standard InChI is InChI=1S/C4H7ClO2Si/c1-6-4(7-2)3-8-5/h3H,1-2H3. The zero-order valence-corrected chi connectivity index (χ0v) is 6.53. The number of hydrogen-bond acceptors (Lipinski definition) is 2. The predicted molar refractivity (Wildman–Crippen MR) is 33.7 cm³/mol. The zero-order valence-electron chi connectivity index (χ0n) is 4.77. The Morgan fingerprint density at radius 2 is 2.00 bits per heavy atom. The van der Waals surface area contributed by atoms with Crippen molar-refractivity contribution in [2.45, 2.75) is 0 Å². The molecule has 0 aromatic heterocycles. The second-order valence-electron chi connectivity index (χ2n) is 0.981. The van der Waals surface area contributed by atoms with Crippen molar-refractivity contribution >= 4 is 19.9 Å². The summed E-state index contributed by atoms with van der Waals surface area (Å²) in [5, 5.41) is 0. The summed E-state index contributed by atoms with van der Waals surface area (Å²) in [6.45, 7) is 0. The Hall–Kier alpha value is -0.153. The summed E-state index contributed by atoms with van der Waals surface area (Å²) in [7, 11) is 3.28. The normalized spacial score (nSPS) is 7.88. The van der Waals surface area contributed by atoms with Crippen LogP contribution in [0.2, 0.25) is 0 Å². The molecule has 8 heavy (non-hydrogen) atoms. The first-order chi connectivity index (χ1) is 3.85. The van der Waals surface area contributed by atoms with Crippen molar-refractivity contribution < 1.29 is 9.47 Å². The average Bonchev–Trinajstić information content (AvgIpc) is 1.83. The fraction of sp³-hybridized carbons (Fsp3) is 0.500. The average molecular weight is 151 g/mol. The highest BCUT2D eigenvalue weighted by Crippen LogP contribution is 1.93. The summed E-state index contributed by atoms with van der Waals surface area (Å²) in [5.41, 5.74) is 1.67. The molecule has 0 bridgehead atoms. The Kier molecular flexibility index (Phi) is 4.90. The lowest BCUT2D eigenvalue weighted by Gasteiger charge is -2.00. The highest BCUT2D eigenvalue weighted by Gasteiger charge is 1.88. The number of hydrogen-bond donors (Lipinski definition) is 0. The van der Waals surface area contributed by atoms with Crippen molar-refractivity contribution in [2.75, 3.05) is 14.2 Å². The van der Waals surface area contributed by atoms with E-state index in [4.69, 9.17) is 20.6 Å². The van der Waals surface area contributed by atoms with Gasteiger partial charge in [0.1, 0.15) is 0 Å². The maximum atomic E-state index is 5.35. The van der Waals surface area contributed by atoms with Gasteiger partial charge in [0.15, 0.2) is 0 Å². The first-order valence-electron chi connectivity index (χ1n) is 1.99. The van der Waals surface area contributed by atoms with Crippen LogP contribution in [0.3, 0.4) is 0 Å². The molecule has 0 atom stereocenters. The van der Waals surface area contributed by atoms with Crippen molar-refractivity contribution in [3.63, 3.8) is 0 Å². The first-order valence-corrected chi connectivity index (χ1v) is 4.08. The van der Waals surface area contributed by atoms with Crippen LogP contribution in [-0.4, -0.2) is 23.0 Å². The van der Waals surface area contributed by atoms with Gasteiger partial charge in [0.25, 0.3) is 5.95 Å². The monoisotopic (exact) mass is 150 g/mol. The SMILES string of the molecule is COC(=C[Si]Cl)OC. The van der Waals surface area contributed by atoms with Crippen LogP contribution in [0.15, 0.2) is 11.6 Å². The summed E-state index contributed by atoms with van der Waals surface area (Å²) in [6.07, 6.45) is 0. The highest BCUT2D eigenvalue weighted by molar-refractivity contribution is 6.96. The van der Waals surface area contributed by atoms with Gasteiger partial charge >= 0.3 is 0 Å². The molecule has 0 saturated heterocycles. The van der Waals surface area contributed by atoms with Crippen LogP contribution in [0.1, 0.15) is 0 Å². The maximum Gasteiger partial charge on any atom is 0.271 e. The minimum Gasteiger partial charge on any atom is -0.469 e. The molecule has 0 heterocycles. The summed E-state index contributed by atoms with van der Waals surface area (Å²) >= 11 is 5.35. The van der Waals surface area contributed by atoms with Crippen LogP contribution >= 0.6 is 11.1 Å². The van der Waals surface area contributed by atoms with Crippen molar-refractivity contribution in [2.24, 2.45) is 0 Å². The van der Waals surface area contributed by atoms with Gasteiger partial charge in [0.05, 0.1) is 14.2 Å². The molecule has 0 fully saturated rings. The van der Waals surface area contributed by atoms with Gasteiger partial charge in [-0.2, -0.15) is 11.1 Å². The largest absolute Gasteiger partial charge is 0.469 e. The van der Waals surface area contributed by atoms with E-state index in [1.807, 2.05) is 0 Å². The van der Waals surface area contributed by atoms with Crippen LogP contribution in [0, 0.1) is 0 Å². The van der Waals surface area contributed by atoms with E-state index < -0.39 is 0 Å². The molecule has 0 saturated carbocycles. The van der Waals surface area contributed by atoms with E-state index in [-0.39, 0.29) is 8.83 Å². The number of halogens is 1.